The lowest BCUT2D eigenvalue weighted by Gasteiger charge is -2.20. The molecular formula is C14H21ClO2. The molecule has 1 aromatic carbocycles. The molecule has 0 aliphatic heterocycles. The summed E-state index contributed by atoms with van der Waals surface area (Å²) in [5.41, 5.74) is 0. The molecule has 1 aromatic rings. The number of aliphatic hydroxyl groups is 1. The maximum Gasteiger partial charge on any atom is 0.122 e. The third-order valence-corrected chi connectivity index (χ3v) is 3.00. The smallest absolute Gasteiger partial charge is 0.122 e. The molecule has 0 amide bonds. The normalized spacial score (nSPS) is 14.4. The van der Waals surface area contributed by atoms with Crippen LogP contribution in [-0.4, -0.2) is 17.3 Å². The van der Waals surface area contributed by atoms with Crippen LogP contribution in [0.25, 0.3) is 0 Å². The van der Waals surface area contributed by atoms with E-state index in [0.29, 0.717) is 10.8 Å². The second kappa shape index (κ2) is 7.57. The Morgan fingerprint density at radius 2 is 2.12 bits per heavy atom. The van der Waals surface area contributed by atoms with E-state index in [9.17, 15) is 5.11 Å². The molecule has 0 aliphatic carbocycles. The fourth-order valence-electron chi connectivity index (χ4n) is 1.67. The second-order valence-corrected chi connectivity index (χ2v) is 4.78. The van der Waals surface area contributed by atoms with Crippen LogP contribution >= 0.6 is 11.6 Å². The molecule has 0 aromatic heterocycles. The van der Waals surface area contributed by atoms with Crippen molar-refractivity contribution in [3.05, 3.63) is 29.3 Å². The van der Waals surface area contributed by atoms with Crippen molar-refractivity contribution < 1.29 is 9.84 Å². The summed E-state index contributed by atoms with van der Waals surface area (Å²) < 4.78 is 5.65. The summed E-state index contributed by atoms with van der Waals surface area (Å²) in [6, 6.07) is 7.25. The van der Waals surface area contributed by atoms with E-state index in [1.54, 1.807) is 12.1 Å². The molecule has 0 radical (unpaired) electrons. The van der Waals surface area contributed by atoms with Gasteiger partial charge in [-0.15, -0.1) is 0 Å². The Balaban J connectivity index is 2.39. The first-order valence-electron chi connectivity index (χ1n) is 6.23. The highest BCUT2D eigenvalue weighted by Gasteiger charge is 2.15. The molecule has 1 N–H and O–H groups in total. The summed E-state index contributed by atoms with van der Waals surface area (Å²) in [6.45, 7) is 4.04. The maximum absolute atomic E-state index is 9.92. The van der Waals surface area contributed by atoms with Crippen LogP contribution in [0.1, 0.15) is 39.5 Å². The van der Waals surface area contributed by atoms with Gasteiger partial charge in [-0.2, -0.15) is 0 Å². The van der Waals surface area contributed by atoms with Crippen LogP contribution in [0.5, 0.6) is 5.75 Å². The van der Waals surface area contributed by atoms with Crippen molar-refractivity contribution >= 4 is 11.6 Å². The molecule has 0 saturated heterocycles. The molecule has 0 bridgehead atoms. The largest absolute Gasteiger partial charge is 0.488 e. The first kappa shape index (κ1) is 14.3. The maximum atomic E-state index is 9.92. The molecule has 17 heavy (non-hydrogen) atoms. The second-order valence-electron chi connectivity index (χ2n) is 4.34. The zero-order valence-electron chi connectivity index (χ0n) is 10.5. The summed E-state index contributed by atoms with van der Waals surface area (Å²) in [5, 5.41) is 10.6. The third-order valence-electron chi connectivity index (χ3n) is 2.76. The molecule has 0 spiro atoms. The van der Waals surface area contributed by atoms with Crippen LogP contribution in [0.15, 0.2) is 24.3 Å². The van der Waals surface area contributed by atoms with Crippen molar-refractivity contribution in [3.8, 4) is 5.75 Å². The lowest BCUT2D eigenvalue weighted by molar-refractivity contribution is 0.0401. The standard InChI is InChI=1S/C14H21ClO2/c1-3-4-5-9-14(16)11(2)17-13-8-6-7-12(15)10-13/h6-8,10-11,14,16H,3-5,9H2,1-2H3. The molecule has 0 aliphatic rings. The lowest BCUT2D eigenvalue weighted by atomic mass is 10.1. The number of hydrogen-bond donors (Lipinski definition) is 1. The predicted octanol–water partition coefficient (Wildman–Crippen LogP) is 4.05. The lowest BCUT2D eigenvalue weighted by Crippen LogP contribution is -2.28. The van der Waals surface area contributed by atoms with Gasteiger partial charge in [0.1, 0.15) is 11.9 Å². The molecule has 2 unspecified atom stereocenters. The number of halogens is 1. The van der Waals surface area contributed by atoms with E-state index in [0.717, 1.165) is 25.7 Å². The monoisotopic (exact) mass is 256 g/mol. The molecule has 0 fully saturated rings. The SMILES string of the molecule is CCCCCC(O)C(C)Oc1cccc(Cl)c1. The Bertz CT molecular complexity index is 328. The van der Waals surface area contributed by atoms with Crippen molar-refractivity contribution in [2.75, 3.05) is 0 Å². The van der Waals surface area contributed by atoms with E-state index in [4.69, 9.17) is 16.3 Å². The quantitative estimate of drug-likeness (QED) is 0.746. The van der Waals surface area contributed by atoms with Crippen molar-refractivity contribution in [3.63, 3.8) is 0 Å². The van der Waals surface area contributed by atoms with E-state index in [1.165, 1.54) is 0 Å². The minimum atomic E-state index is -0.416. The van der Waals surface area contributed by atoms with Gasteiger partial charge in [0.15, 0.2) is 0 Å². The number of unbranched alkanes of at least 4 members (excludes halogenated alkanes) is 2. The van der Waals surface area contributed by atoms with Crippen LogP contribution in [0, 0.1) is 0 Å². The molecule has 3 heteroatoms. The molecule has 1 rings (SSSR count). The minimum absolute atomic E-state index is 0.203. The molecule has 96 valence electrons. The first-order valence-corrected chi connectivity index (χ1v) is 6.61. The van der Waals surface area contributed by atoms with Gasteiger partial charge in [0.05, 0.1) is 6.10 Å². The van der Waals surface area contributed by atoms with Crippen LogP contribution in [0.3, 0.4) is 0 Å². The number of ether oxygens (including phenoxy) is 1. The molecule has 2 atom stereocenters. The zero-order chi connectivity index (χ0) is 12.7. The van der Waals surface area contributed by atoms with Crippen LogP contribution < -0.4 is 4.74 Å². The van der Waals surface area contributed by atoms with Crippen molar-refractivity contribution in [1.82, 2.24) is 0 Å². The minimum Gasteiger partial charge on any atom is -0.488 e. The number of rotatable bonds is 7. The fraction of sp³-hybridized carbons (Fsp3) is 0.571. The third kappa shape index (κ3) is 5.42. The van der Waals surface area contributed by atoms with Gasteiger partial charge >= 0.3 is 0 Å². The van der Waals surface area contributed by atoms with Gasteiger partial charge in [-0.1, -0.05) is 43.9 Å². The van der Waals surface area contributed by atoms with Gasteiger partial charge in [0.25, 0.3) is 0 Å². The highest BCUT2D eigenvalue weighted by Crippen LogP contribution is 2.20. The van der Waals surface area contributed by atoms with Gasteiger partial charge in [-0.25, -0.2) is 0 Å². The Morgan fingerprint density at radius 1 is 1.35 bits per heavy atom. The first-order chi connectivity index (χ1) is 8.13. The number of aliphatic hydroxyl groups excluding tert-OH is 1. The highest BCUT2D eigenvalue weighted by molar-refractivity contribution is 6.30. The van der Waals surface area contributed by atoms with Gasteiger partial charge in [-0.3, -0.25) is 0 Å². The molecule has 2 nitrogen and oxygen atoms in total. The summed E-state index contributed by atoms with van der Waals surface area (Å²) in [6.07, 6.45) is 3.53. The van der Waals surface area contributed by atoms with E-state index < -0.39 is 6.10 Å². The van der Waals surface area contributed by atoms with Crippen LogP contribution in [0.2, 0.25) is 5.02 Å². The number of benzene rings is 1. The van der Waals surface area contributed by atoms with Gasteiger partial charge < -0.3 is 9.84 Å². The highest BCUT2D eigenvalue weighted by atomic mass is 35.5. The van der Waals surface area contributed by atoms with E-state index in [-0.39, 0.29) is 6.10 Å². The predicted molar refractivity (Wildman–Crippen MR) is 71.7 cm³/mol. The van der Waals surface area contributed by atoms with Crippen LogP contribution in [0.4, 0.5) is 0 Å². The molecular weight excluding hydrogens is 236 g/mol. The van der Waals surface area contributed by atoms with Crippen LogP contribution in [-0.2, 0) is 0 Å². The van der Waals surface area contributed by atoms with Crippen molar-refractivity contribution in [2.24, 2.45) is 0 Å². The molecule has 0 heterocycles. The van der Waals surface area contributed by atoms with Gasteiger partial charge in [0.2, 0.25) is 0 Å². The fourth-order valence-corrected chi connectivity index (χ4v) is 1.85. The summed E-state index contributed by atoms with van der Waals surface area (Å²) in [5.74, 6) is 0.708. The van der Waals surface area contributed by atoms with E-state index in [2.05, 4.69) is 6.92 Å². The topological polar surface area (TPSA) is 29.5 Å². The van der Waals surface area contributed by atoms with Crippen molar-refractivity contribution in [1.29, 1.82) is 0 Å². The van der Waals surface area contributed by atoms with E-state index in [1.807, 2.05) is 19.1 Å². The molecule has 0 saturated carbocycles. The van der Waals surface area contributed by atoms with Crippen molar-refractivity contribution in [2.45, 2.75) is 51.7 Å². The van der Waals surface area contributed by atoms with E-state index >= 15 is 0 Å². The summed E-state index contributed by atoms with van der Waals surface area (Å²) in [4.78, 5) is 0. The van der Waals surface area contributed by atoms with Gasteiger partial charge in [0, 0.05) is 5.02 Å². The average Bonchev–Trinajstić information content (AvgIpc) is 2.29. The average molecular weight is 257 g/mol. The Kier molecular flexibility index (Phi) is 6.38. The Hall–Kier alpha value is -0.730. The van der Waals surface area contributed by atoms with Gasteiger partial charge in [-0.05, 0) is 31.5 Å². The Labute approximate surface area is 109 Å². The zero-order valence-corrected chi connectivity index (χ0v) is 11.3. The number of hydrogen-bond acceptors (Lipinski definition) is 2. The summed E-state index contributed by atoms with van der Waals surface area (Å²) in [7, 11) is 0. The summed E-state index contributed by atoms with van der Waals surface area (Å²) >= 11 is 5.87. The Morgan fingerprint density at radius 3 is 2.76 bits per heavy atom.